The second-order valence-corrected chi connectivity index (χ2v) is 10.9. The van der Waals surface area contributed by atoms with Crippen molar-refractivity contribution in [2.24, 2.45) is 5.73 Å². The Labute approximate surface area is 222 Å². The van der Waals surface area contributed by atoms with Crippen molar-refractivity contribution in [1.82, 2.24) is 4.90 Å². The molecule has 2 N–H and O–H groups in total. The normalized spacial score (nSPS) is 22.8. The standard InChI is InChI=1S/C28H35N3O7/c1-15-23(34-5)22-19(25(24(15)35-6)36-13-16-10-8-7-9-11-16)17(14-37-26(29)32)20-21-18(12-30(20)22)31(21)27(33)38-28(2,3)4/h7-11,17-18,20-21H,12-14H2,1-6H3,(H2,29,32)/t17-,18+,20+,21+,31?/m1/s1. The number of hydrogen-bond donors (Lipinski definition) is 1. The van der Waals surface area contributed by atoms with Crippen LogP contribution in [0.15, 0.2) is 30.3 Å². The molecule has 2 amide bonds. The summed E-state index contributed by atoms with van der Waals surface area (Å²) in [6.07, 6.45) is -1.21. The molecular formula is C28H35N3O7. The Morgan fingerprint density at radius 3 is 2.32 bits per heavy atom. The first-order valence-corrected chi connectivity index (χ1v) is 12.7. The number of anilines is 1. The van der Waals surface area contributed by atoms with E-state index in [1.807, 2.05) is 58.0 Å². The summed E-state index contributed by atoms with van der Waals surface area (Å²) in [4.78, 5) is 28.7. The Bertz CT molecular complexity index is 1240. The van der Waals surface area contributed by atoms with Gasteiger partial charge in [0.05, 0.1) is 38.0 Å². The average Bonchev–Trinajstić information content (AvgIpc) is 3.30. The SMILES string of the molecule is COc1c(C)c(OC)c2c(c1OCc1ccccc1)[C@@H](COC(N)=O)[C@H]1[C@@H]3[C@H](CN21)N3C(=O)OC(C)(C)C. The number of hydrogen-bond acceptors (Lipinski definition) is 8. The van der Waals surface area contributed by atoms with Crippen LogP contribution in [0, 0.1) is 6.92 Å². The molecule has 38 heavy (non-hydrogen) atoms. The summed E-state index contributed by atoms with van der Waals surface area (Å²) in [7, 11) is 3.22. The lowest BCUT2D eigenvalue weighted by Crippen LogP contribution is -2.42. The van der Waals surface area contributed by atoms with Gasteiger partial charge in [-0.1, -0.05) is 30.3 Å². The zero-order valence-corrected chi connectivity index (χ0v) is 22.6. The molecule has 0 bridgehead atoms. The lowest BCUT2D eigenvalue weighted by Gasteiger charge is -2.29. The summed E-state index contributed by atoms with van der Waals surface area (Å²) in [6.45, 7) is 8.41. The summed E-state index contributed by atoms with van der Waals surface area (Å²) >= 11 is 0. The number of fused-ring (bicyclic) bond motifs is 5. The monoisotopic (exact) mass is 525 g/mol. The Morgan fingerprint density at radius 2 is 1.71 bits per heavy atom. The molecule has 4 atom stereocenters. The number of ether oxygens (including phenoxy) is 5. The Morgan fingerprint density at radius 1 is 1.03 bits per heavy atom. The molecule has 0 saturated carbocycles. The first kappa shape index (κ1) is 25.8. The lowest BCUT2D eigenvalue weighted by atomic mass is 9.91. The molecule has 3 aliphatic rings. The van der Waals surface area contributed by atoms with Crippen molar-refractivity contribution < 1.29 is 33.3 Å². The number of carbonyl (C=O) groups is 2. The number of nitrogens with two attached hydrogens (primary N) is 1. The van der Waals surface area contributed by atoms with Crippen LogP contribution in [-0.2, 0) is 16.1 Å². The van der Waals surface area contributed by atoms with Crippen molar-refractivity contribution in [3.63, 3.8) is 0 Å². The van der Waals surface area contributed by atoms with E-state index in [9.17, 15) is 9.59 Å². The van der Waals surface area contributed by atoms with E-state index in [0.717, 1.165) is 22.4 Å². The van der Waals surface area contributed by atoms with Crippen LogP contribution in [0.25, 0.3) is 0 Å². The number of methoxy groups -OCH3 is 2. The fraction of sp³-hybridized carbons (Fsp3) is 0.500. The Balaban J connectivity index is 1.57. The van der Waals surface area contributed by atoms with Gasteiger partial charge >= 0.3 is 12.2 Å². The number of piperazine rings is 1. The van der Waals surface area contributed by atoms with Crippen LogP contribution in [0.4, 0.5) is 15.3 Å². The molecule has 0 spiro atoms. The van der Waals surface area contributed by atoms with Gasteiger partial charge in [0, 0.05) is 23.6 Å². The zero-order valence-electron chi connectivity index (χ0n) is 22.6. The van der Waals surface area contributed by atoms with Crippen LogP contribution in [0.5, 0.6) is 17.2 Å². The second kappa shape index (κ2) is 9.49. The van der Waals surface area contributed by atoms with Crippen LogP contribution < -0.4 is 24.8 Å². The van der Waals surface area contributed by atoms with Gasteiger partial charge in [0.15, 0.2) is 11.5 Å². The van der Waals surface area contributed by atoms with Crippen LogP contribution in [0.1, 0.15) is 43.4 Å². The average molecular weight is 526 g/mol. The maximum atomic E-state index is 13.0. The van der Waals surface area contributed by atoms with Crippen molar-refractivity contribution >= 4 is 17.9 Å². The molecule has 10 nitrogen and oxygen atoms in total. The first-order chi connectivity index (χ1) is 18.1. The molecule has 0 unspecified atom stereocenters. The zero-order chi connectivity index (χ0) is 27.4. The summed E-state index contributed by atoms with van der Waals surface area (Å²) in [5.74, 6) is 1.45. The predicted molar refractivity (Wildman–Crippen MR) is 140 cm³/mol. The third-order valence-electron chi connectivity index (χ3n) is 7.39. The number of carbonyl (C=O) groups excluding carboxylic acids is 2. The van der Waals surface area contributed by atoms with Gasteiger partial charge in [0.2, 0.25) is 0 Å². The van der Waals surface area contributed by atoms with E-state index < -0.39 is 11.7 Å². The van der Waals surface area contributed by atoms with Crippen molar-refractivity contribution in [1.29, 1.82) is 0 Å². The Kier molecular flexibility index (Phi) is 6.44. The van der Waals surface area contributed by atoms with Crippen molar-refractivity contribution in [3.05, 3.63) is 47.0 Å². The maximum Gasteiger partial charge on any atom is 0.411 e. The van der Waals surface area contributed by atoms with E-state index in [2.05, 4.69) is 4.90 Å². The quantitative estimate of drug-likeness (QED) is 0.541. The minimum absolute atomic E-state index is 0.0140. The number of primary amides is 1. The van der Waals surface area contributed by atoms with Crippen LogP contribution in [0.3, 0.4) is 0 Å². The molecule has 2 aromatic rings. The van der Waals surface area contributed by atoms with Crippen molar-refractivity contribution in [3.8, 4) is 17.2 Å². The van der Waals surface area contributed by atoms with Gasteiger partial charge in [-0.2, -0.15) is 0 Å². The smallest absolute Gasteiger partial charge is 0.411 e. The highest BCUT2D eigenvalue weighted by Gasteiger charge is 2.68. The molecule has 3 aliphatic heterocycles. The van der Waals surface area contributed by atoms with E-state index >= 15 is 0 Å². The maximum absolute atomic E-state index is 13.0. The predicted octanol–water partition coefficient (Wildman–Crippen LogP) is 3.96. The van der Waals surface area contributed by atoms with Crippen molar-refractivity contribution in [2.45, 2.75) is 63.9 Å². The van der Waals surface area contributed by atoms with E-state index in [-0.39, 0.29) is 36.7 Å². The summed E-state index contributed by atoms with van der Waals surface area (Å²) in [5, 5.41) is 0. The number of benzene rings is 2. The third kappa shape index (κ3) is 4.31. The minimum Gasteiger partial charge on any atom is -0.494 e. The van der Waals surface area contributed by atoms with Gasteiger partial charge in [-0.25, -0.2) is 9.59 Å². The highest BCUT2D eigenvalue weighted by atomic mass is 16.6. The highest BCUT2D eigenvalue weighted by molar-refractivity contribution is 5.83. The first-order valence-electron chi connectivity index (χ1n) is 12.7. The molecule has 5 rings (SSSR count). The largest absolute Gasteiger partial charge is 0.494 e. The van der Waals surface area contributed by atoms with Gasteiger partial charge < -0.3 is 34.3 Å². The van der Waals surface area contributed by atoms with Crippen LogP contribution >= 0.6 is 0 Å². The summed E-state index contributed by atoms with van der Waals surface area (Å²) < 4.78 is 29.2. The molecule has 0 aliphatic carbocycles. The fourth-order valence-electron chi connectivity index (χ4n) is 5.99. The van der Waals surface area contributed by atoms with Gasteiger partial charge in [0.25, 0.3) is 0 Å². The molecule has 3 heterocycles. The van der Waals surface area contributed by atoms with E-state index in [4.69, 9.17) is 29.4 Å². The molecule has 2 fully saturated rings. The number of nitrogens with zero attached hydrogens (tertiary/aromatic N) is 2. The third-order valence-corrected chi connectivity index (χ3v) is 7.39. The van der Waals surface area contributed by atoms with Gasteiger partial charge in [-0.05, 0) is 33.3 Å². The van der Waals surface area contributed by atoms with Gasteiger partial charge in [-0.3, -0.25) is 4.90 Å². The highest BCUT2D eigenvalue weighted by Crippen LogP contribution is 2.62. The van der Waals surface area contributed by atoms with E-state index in [1.54, 1.807) is 19.1 Å². The minimum atomic E-state index is -0.864. The number of amides is 2. The topological polar surface area (TPSA) is 113 Å². The van der Waals surface area contributed by atoms with Crippen LogP contribution in [-0.4, -0.2) is 68.2 Å². The van der Waals surface area contributed by atoms with E-state index in [1.165, 1.54) is 0 Å². The number of rotatable bonds is 7. The summed E-state index contributed by atoms with van der Waals surface area (Å²) in [5.41, 5.74) is 8.27. The molecule has 204 valence electrons. The molecule has 10 heteroatoms. The van der Waals surface area contributed by atoms with Gasteiger partial charge in [-0.15, -0.1) is 0 Å². The Hall–Kier alpha value is -3.82. The molecular weight excluding hydrogens is 490 g/mol. The second-order valence-electron chi connectivity index (χ2n) is 10.9. The lowest BCUT2D eigenvalue weighted by molar-refractivity contribution is 0.0377. The molecule has 2 aromatic carbocycles. The fourth-order valence-corrected chi connectivity index (χ4v) is 5.99. The van der Waals surface area contributed by atoms with Gasteiger partial charge in [0.1, 0.15) is 24.6 Å². The van der Waals surface area contributed by atoms with Crippen molar-refractivity contribution in [2.75, 3.05) is 32.3 Å². The molecule has 2 saturated heterocycles. The molecule has 0 radical (unpaired) electrons. The summed E-state index contributed by atoms with van der Waals surface area (Å²) in [6, 6.07) is 9.53. The molecule has 0 aromatic heterocycles. The van der Waals surface area contributed by atoms with E-state index in [0.29, 0.717) is 30.4 Å². The van der Waals surface area contributed by atoms with Crippen LogP contribution in [0.2, 0.25) is 0 Å².